The van der Waals surface area contributed by atoms with Crippen LogP contribution in [0.1, 0.15) is 5.56 Å². The third kappa shape index (κ3) is 3.16. The number of rotatable bonds is 5. The van der Waals surface area contributed by atoms with Gasteiger partial charge in [0.1, 0.15) is 11.6 Å². The molecule has 1 fully saturated rings. The molecule has 0 unspecified atom stereocenters. The van der Waals surface area contributed by atoms with Gasteiger partial charge in [0, 0.05) is 44.4 Å². The van der Waals surface area contributed by atoms with Gasteiger partial charge in [-0.25, -0.2) is 13.6 Å². The Kier molecular flexibility index (Phi) is 4.09. The van der Waals surface area contributed by atoms with Crippen LogP contribution in [0.5, 0.6) is 0 Å². The van der Waals surface area contributed by atoms with Crippen molar-refractivity contribution in [2.75, 3.05) is 26.2 Å². The number of carbonyl (C=O) groups excluding carboxylic acids is 1. The number of benzene rings is 1. The normalized spacial score (nSPS) is 15.0. The molecule has 1 heterocycles. The molecule has 0 radical (unpaired) electrons. The summed E-state index contributed by atoms with van der Waals surface area (Å²) in [4.78, 5) is 12.9. The highest BCUT2D eigenvalue weighted by molar-refractivity contribution is 5.76. The molecule has 0 aliphatic carbocycles. The lowest BCUT2D eigenvalue weighted by Crippen LogP contribution is -2.34. The SMILES string of the molecule is O=C1NCCN1CCNCc1ccc(F)cc1F. The van der Waals surface area contributed by atoms with Crippen LogP contribution in [0.25, 0.3) is 0 Å². The molecule has 2 amide bonds. The number of hydrogen-bond donors (Lipinski definition) is 2. The van der Waals surface area contributed by atoms with Crippen molar-refractivity contribution in [3.63, 3.8) is 0 Å². The monoisotopic (exact) mass is 255 g/mol. The van der Waals surface area contributed by atoms with Gasteiger partial charge < -0.3 is 15.5 Å². The fraction of sp³-hybridized carbons (Fsp3) is 0.417. The van der Waals surface area contributed by atoms with E-state index in [4.69, 9.17) is 0 Å². The number of nitrogens with zero attached hydrogens (tertiary/aromatic N) is 1. The summed E-state index contributed by atoms with van der Waals surface area (Å²) in [6.07, 6.45) is 0. The summed E-state index contributed by atoms with van der Waals surface area (Å²) in [5, 5.41) is 5.73. The second-order valence-electron chi connectivity index (χ2n) is 4.13. The molecule has 2 N–H and O–H groups in total. The minimum absolute atomic E-state index is 0.0650. The van der Waals surface area contributed by atoms with Crippen LogP contribution in [0.3, 0.4) is 0 Å². The molecule has 0 bridgehead atoms. The lowest BCUT2D eigenvalue weighted by atomic mass is 10.2. The van der Waals surface area contributed by atoms with E-state index in [0.29, 0.717) is 38.3 Å². The molecule has 18 heavy (non-hydrogen) atoms. The average Bonchev–Trinajstić information content (AvgIpc) is 2.73. The Balaban J connectivity index is 1.73. The summed E-state index contributed by atoms with van der Waals surface area (Å²) in [5.41, 5.74) is 0.419. The van der Waals surface area contributed by atoms with Gasteiger partial charge in [0.05, 0.1) is 0 Å². The number of nitrogens with one attached hydrogen (secondary N) is 2. The minimum atomic E-state index is -0.579. The van der Waals surface area contributed by atoms with Gasteiger partial charge in [-0.15, -0.1) is 0 Å². The summed E-state index contributed by atoms with van der Waals surface area (Å²) in [5.74, 6) is -1.13. The van der Waals surface area contributed by atoms with E-state index in [-0.39, 0.29) is 6.03 Å². The van der Waals surface area contributed by atoms with E-state index in [0.717, 1.165) is 6.07 Å². The molecule has 1 saturated heterocycles. The molecule has 1 aromatic carbocycles. The lowest BCUT2D eigenvalue weighted by Gasteiger charge is -2.14. The third-order valence-electron chi connectivity index (χ3n) is 2.83. The van der Waals surface area contributed by atoms with Crippen LogP contribution >= 0.6 is 0 Å². The van der Waals surface area contributed by atoms with Gasteiger partial charge in [-0.2, -0.15) is 0 Å². The van der Waals surface area contributed by atoms with Gasteiger partial charge in [0.2, 0.25) is 0 Å². The summed E-state index contributed by atoms with van der Waals surface area (Å²) in [6.45, 7) is 2.84. The smallest absolute Gasteiger partial charge is 0.317 e. The number of carbonyl (C=O) groups is 1. The van der Waals surface area contributed by atoms with Crippen molar-refractivity contribution in [2.24, 2.45) is 0 Å². The van der Waals surface area contributed by atoms with Crippen molar-refractivity contribution >= 4 is 6.03 Å². The summed E-state index contributed by atoms with van der Waals surface area (Å²) < 4.78 is 26.0. The predicted octanol–water partition coefficient (Wildman–Crippen LogP) is 1.08. The number of halogens is 2. The first kappa shape index (κ1) is 12.8. The Morgan fingerprint density at radius 2 is 2.22 bits per heavy atom. The van der Waals surface area contributed by atoms with Crippen LogP contribution in [0, 0.1) is 11.6 Å². The zero-order valence-corrected chi connectivity index (χ0v) is 9.88. The quantitative estimate of drug-likeness (QED) is 0.773. The van der Waals surface area contributed by atoms with Gasteiger partial charge in [-0.05, 0) is 6.07 Å². The molecule has 98 valence electrons. The van der Waals surface area contributed by atoms with Crippen molar-refractivity contribution in [2.45, 2.75) is 6.54 Å². The van der Waals surface area contributed by atoms with Gasteiger partial charge in [-0.1, -0.05) is 6.07 Å². The Morgan fingerprint density at radius 3 is 2.89 bits per heavy atom. The first-order valence-electron chi connectivity index (χ1n) is 5.84. The first-order chi connectivity index (χ1) is 8.66. The molecule has 4 nitrogen and oxygen atoms in total. The fourth-order valence-electron chi connectivity index (χ4n) is 1.83. The molecule has 0 saturated carbocycles. The van der Waals surface area contributed by atoms with E-state index in [2.05, 4.69) is 10.6 Å². The minimum Gasteiger partial charge on any atom is -0.336 e. The van der Waals surface area contributed by atoms with Crippen molar-refractivity contribution in [3.8, 4) is 0 Å². The lowest BCUT2D eigenvalue weighted by molar-refractivity contribution is 0.217. The molecule has 2 rings (SSSR count). The van der Waals surface area contributed by atoms with E-state index >= 15 is 0 Å². The second-order valence-corrected chi connectivity index (χ2v) is 4.13. The largest absolute Gasteiger partial charge is 0.336 e. The maximum atomic E-state index is 13.3. The maximum Gasteiger partial charge on any atom is 0.317 e. The highest BCUT2D eigenvalue weighted by Crippen LogP contribution is 2.08. The second kappa shape index (κ2) is 5.77. The van der Waals surface area contributed by atoms with E-state index in [1.807, 2.05) is 0 Å². The van der Waals surface area contributed by atoms with Crippen LogP contribution in [0.2, 0.25) is 0 Å². The number of amides is 2. The Hall–Kier alpha value is -1.69. The topological polar surface area (TPSA) is 44.4 Å². The van der Waals surface area contributed by atoms with Crippen molar-refractivity contribution in [1.29, 1.82) is 0 Å². The van der Waals surface area contributed by atoms with E-state index in [1.165, 1.54) is 12.1 Å². The molecule has 0 spiro atoms. The Morgan fingerprint density at radius 1 is 1.39 bits per heavy atom. The molecule has 1 aromatic rings. The van der Waals surface area contributed by atoms with Crippen LogP contribution in [-0.4, -0.2) is 37.1 Å². The van der Waals surface area contributed by atoms with Gasteiger partial charge in [0.15, 0.2) is 0 Å². The Bertz CT molecular complexity index is 439. The molecule has 0 atom stereocenters. The summed E-state index contributed by atoms with van der Waals surface area (Å²) >= 11 is 0. The molecule has 1 aliphatic heterocycles. The zero-order chi connectivity index (χ0) is 13.0. The van der Waals surface area contributed by atoms with E-state index < -0.39 is 11.6 Å². The molecule has 6 heteroatoms. The van der Waals surface area contributed by atoms with E-state index in [1.54, 1.807) is 4.90 Å². The van der Waals surface area contributed by atoms with Gasteiger partial charge in [-0.3, -0.25) is 0 Å². The standard InChI is InChI=1S/C12H15F2N3O/c13-10-2-1-9(11(14)7-10)8-15-3-5-17-6-4-16-12(17)18/h1-2,7,15H,3-6,8H2,(H,16,18). The van der Waals surface area contributed by atoms with Gasteiger partial charge in [0.25, 0.3) is 0 Å². The van der Waals surface area contributed by atoms with Gasteiger partial charge >= 0.3 is 6.03 Å². The van der Waals surface area contributed by atoms with Crippen molar-refractivity contribution < 1.29 is 13.6 Å². The van der Waals surface area contributed by atoms with Crippen LogP contribution < -0.4 is 10.6 Å². The molecular formula is C12H15F2N3O. The maximum absolute atomic E-state index is 13.3. The third-order valence-corrected chi connectivity index (χ3v) is 2.83. The van der Waals surface area contributed by atoms with E-state index in [9.17, 15) is 13.6 Å². The fourth-order valence-corrected chi connectivity index (χ4v) is 1.83. The highest BCUT2D eigenvalue weighted by atomic mass is 19.1. The zero-order valence-electron chi connectivity index (χ0n) is 9.88. The van der Waals surface area contributed by atoms with Crippen LogP contribution in [0.4, 0.5) is 13.6 Å². The van der Waals surface area contributed by atoms with Crippen LogP contribution in [-0.2, 0) is 6.54 Å². The van der Waals surface area contributed by atoms with Crippen molar-refractivity contribution in [3.05, 3.63) is 35.4 Å². The molecule has 0 aromatic heterocycles. The molecular weight excluding hydrogens is 240 g/mol. The summed E-state index contributed by atoms with van der Waals surface area (Å²) in [6, 6.07) is 3.45. The predicted molar refractivity (Wildman–Crippen MR) is 63.0 cm³/mol. The molecule has 1 aliphatic rings. The average molecular weight is 255 g/mol. The Labute approximate surface area is 104 Å². The van der Waals surface area contributed by atoms with Crippen molar-refractivity contribution in [1.82, 2.24) is 15.5 Å². The number of urea groups is 1. The number of hydrogen-bond acceptors (Lipinski definition) is 2. The van der Waals surface area contributed by atoms with Crippen LogP contribution in [0.15, 0.2) is 18.2 Å². The first-order valence-corrected chi connectivity index (χ1v) is 5.84. The summed E-state index contributed by atoms with van der Waals surface area (Å²) in [7, 11) is 0. The highest BCUT2D eigenvalue weighted by Gasteiger charge is 2.18.